The molecule has 1 amide bonds. The van der Waals surface area contributed by atoms with Gasteiger partial charge in [-0.25, -0.2) is 0 Å². The number of carbonyl (C=O) groups excluding carboxylic acids is 1. The molecule has 0 saturated carbocycles. The number of carbonyl (C=O) groups is 1. The van der Waals surface area contributed by atoms with Crippen LogP contribution in [0.3, 0.4) is 0 Å². The molecule has 0 aliphatic carbocycles. The lowest BCUT2D eigenvalue weighted by Crippen LogP contribution is -2.11. The number of methoxy groups -OCH3 is 1. The molecule has 4 aromatic rings. The molecule has 0 unspecified atom stereocenters. The molecule has 5 nitrogen and oxygen atoms in total. The lowest BCUT2D eigenvalue weighted by atomic mass is 10.0. The fraction of sp³-hybridized carbons (Fsp3) is 0.174. The van der Waals surface area contributed by atoms with Crippen LogP contribution in [0.25, 0.3) is 21.8 Å². The van der Waals surface area contributed by atoms with Crippen molar-refractivity contribution in [3.05, 3.63) is 77.4 Å². The van der Waals surface area contributed by atoms with Crippen LogP contribution in [0.4, 0.5) is 8.78 Å². The van der Waals surface area contributed by atoms with Gasteiger partial charge in [0.2, 0.25) is 5.91 Å². The van der Waals surface area contributed by atoms with Gasteiger partial charge in [-0.15, -0.1) is 0 Å². The van der Waals surface area contributed by atoms with Gasteiger partial charge in [-0.3, -0.25) is 4.79 Å². The molecular formula is C23H20F2N2O3. The molecule has 1 heterocycles. The maximum atomic E-state index is 12.6. The maximum Gasteiger partial charge on any atom is 0.387 e. The minimum Gasteiger partial charge on any atom is -0.435 e. The minimum atomic E-state index is -2.89. The summed E-state index contributed by atoms with van der Waals surface area (Å²) in [5.74, 6) is -0.408. The molecule has 0 aliphatic heterocycles. The van der Waals surface area contributed by atoms with E-state index in [2.05, 4.69) is 4.74 Å². The van der Waals surface area contributed by atoms with Gasteiger partial charge in [-0.1, -0.05) is 30.3 Å². The summed E-state index contributed by atoms with van der Waals surface area (Å²) < 4.78 is 37.0. The fourth-order valence-corrected chi connectivity index (χ4v) is 3.82. The summed E-state index contributed by atoms with van der Waals surface area (Å²) in [5, 5.41) is 1.66. The summed E-state index contributed by atoms with van der Waals surface area (Å²) in [6.45, 7) is -2.04. The van der Waals surface area contributed by atoms with E-state index in [1.165, 1.54) is 6.07 Å². The molecule has 2 N–H and O–H groups in total. The molecular weight excluding hydrogens is 390 g/mol. The van der Waals surface area contributed by atoms with Crippen molar-refractivity contribution in [2.75, 3.05) is 7.11 Å². The first-order valence-corrected chi connectivity index (χ1v) is 9.34. The number of benzene rings is 3. The van der Waals surface area contributed by atoms with Gasteiger partial charge < -0.3 is 19.8 Å². The Morgan fingerprint density at radius 2 is 1.83 bits per heavy atom. The Hall–Kier alpha value is -3.45. The third kappa shape index (κ3) is 3.71. The van der Waals surface area contributed by atoms with Crippen molar-refractivity contribution in [3.8, 4) is 5.75 Å². The Morgan fingerprint density at radius 3 is 2.57 bits per heavy atom. The number of ether oxygens (including phenoxy) is 2. The zero-order chi connectivity index (χ0) is 21.3. The van der Waals surface area contributed by atoms with Crippen molar-refractivity contribution in [1.82, 2.24) is 4.57 Å². The van der Waals surface area contributed by atoms with Gasteiger partial charge in [-0.2, -0.15) is 8.78 Å². The number of amides is 1. The third-order valence-electron chi connectivity index (χ3n) is 5.00. The molecule has 3 aromatic carbocycles. The van der Waals surface area contributed by atoms with Crippen LogP contribution in [0.5, 0.6) is 5.75 Å². The molecule has 4 rings (SSSR count). The molecule has 0 fully saturated rings. The van der Waals surface area contributed by atoms with E-state index in [0.29, 0.717) is 18.7 Å². The number of alkyl halides is 2. The van der Waals surface area contributed by atoms with Crippen LogP contribution in [0.15, 0.2) is 60.7 Å². The van der Waals surface area contributed by atoms with Crippen molar-refractivity contribution < 1.29 is 23.0 Å². The highest BCUT2D eigenvalue weighted by atomic mass is 19.3. The number of rotatable bonds is 7. The Kier molecular flexibility index (Phi) is 5.37. The summed E-state index contributed by atoms with van der Waals surface area (Å²) in [6.07, 6.45) is 0. The van der Waals surface area contributed by atoms with E-state index in [9.17, 15) is 13.6 Å². The molecule has 0 saturated heterocycles. The van der Waals surface area contributed by atoms with Crippen LogP contribution in [0, 0.1) is 0 Å². The second-order valence-electron chi connectivity index (χ2n) is 6.96. The van der Waals surface area contributed by atoms with Crippen molar-refractivity contribution in [2.45, 2.75) is 19.8 Å². The van der Waals surface area contributed by atoms with Crippen molar-refractivity contribution in [2.24, 2.45) is 5.73 Å². The lowest BCUT2D eigenvalue weighted by molar-refractivity contribution is -0.0498. The third-order valence-corrected chi connectivity index (χ3v) is 5.00. The Bertz CT molecular complexity index is 1230. The number of aromatic nitrogens is 1. The van der Waals surface area contributed by atoms with E-state index in [-0.39, 0.29) is 5.75 Å². The van der Waals surface area contributed by atoms with E-state index in [4.69, 9.17) is 10.5 Å². The first-order valence-electron chi connectivity index (χ1n) is 9.34. The van der Waals surface area contributed by atoms with Crippen LogP contribution in [-0.4, -0.2) is 24.2 Å². The normalized spacial score (nSPS) is 11.5. The van der Waals surface area contributed by atoms with Crippen LogP contribution in [0.2, 0.25) is 0 Å². The highest BCUT2D eigenvalue weighted by Gasteiger charge is 2.17. The summed E-state index contributed by atoms with van der Waals surface area (Å²) in [7, 11) is 1.62. The summed E-state index contributed by atoms with van der Waals surface area (Å²) in [5.41, 5.74) is 9.54. The molecule has 1 aromatic heterocycles. The molecule has 0 radical (unpaired) electrons. The van der Waals surface area contributed by atoms with E-state index in [1.807, 2.05) is 34.9 Å². The lowest BCUT2D eigenvalue weighted by Gasteiger charge is -2.11. The number of nitrogens with two attached hydrogens (primary N) is 1. The van der Waals surface area contributed by atoms with Crippen molar-refractivity contribution in [3.63, 3.8) is 0 Å². The van der Waals surface area contributed by atoms with Gasteiger partial charge in [0.05, 0.1) is 12.1 Å². The van der Waals surface area contributed by atoms with Crippen LogP contribution >= 0.6 is 0 Å². The van der Waals surface area contributed by atoms with Gasteiger partial charge in [0.25, 0.3) is 0 Å². The zero-order valence-corrected chi connectivity index (χ0v) is 16.3. The molecule has 0 spiro atoms. The molecule has 154 valence electrons. The molecule has 7 heteroatoms. The summed E-state index contributed by atoms with van der Waals surface area (Å²) in [4.78, 5) is 12.0. The van der Waals surface area contributed by atoms with E-state index < -0.39 is 12.5 Å². The van der Waals surface area contributed by atoms with Gasteiger partial charge in [0.15, 0.2) is 0 Å². The van der Waals surface area contributed by atoms with E-state index >= 15 is 0 Å². The molecule has 0 aliphatic rings. The molecule has 30 heavy (non-hydrogen) atoms. The van der Waals surface area contributed by atoms with Gasteiger partial charge in [0.1, 0.15) is 5.75 Å². The largest absolute Gasteiger partial charge is 0.435 e. The van der Waals surface area contributed by atoms with Gasteiger partial charge in [0, 0.05) is 35.5 Å². The van der Waals surface area contributed by atoms with Gasteiger partial charge >= 0.3 is 6.61 Å². The maximum absolute atomic E-state index is 12.6. The number of halogens is 2. The Labute approximate surface area is 171 Å². The van der Waals surface area contributed by atoms with Gasteiger partial charge in [-0.05, 0) is 41.5 Å². The average Bonchev–Trinajstić information content (AvgIpc) is 3.01. The van der Waals surface area contributed by atoms with Crippen LogP contribution in [-0.2, 0) is 17.9 Å². The summed E-state index contributed by atoms with van der Waals surface area (Å²) in [6, 6.07) is 17.9. The second kappa shape index (κ2) is 8.12. The predicted octanol–water partition coefficient (Wildman–Crippen LogP) is 4.69. The van der Waals surface area contributed by atoms with Crippen LogP contribution in [0.1, 0.15) is 21.5 Å². The monoisotopic (exact) mass is 410 g/mol. The number of nitrogens with zero attached hydrogens (tertiary/aromatic N) is 1. The standard InChI is InChI=1S/C23H20F2N2O3/c1-29-13-15-8-9-17-20(11-15)27(19-7-3-6-18(21(17)19)22(26)28)12-14-4-2-5-16(10-14)30-23(24)25/h2-11,23H,12-13H2,1H3,(H2,26,28). The summed E-state index contributed by atoms with van der Waals surface area (Å²) >= 11 is 0. The first kappa shape index (κ1) is 19.8. The molecule has 0 atom stereocenters. The Balaban J connectivity index is 1.91. The number of hydrogen-bond acceptors (Lipinski definition) is 3. The number of fused-ring (bicyclic) bond motifs is 3. The highest BCUT2D eigenvalue weighted by molar-refractivity contribution is 6.17. The minimum absolute atomic E-state index is 0.0983. The first-order chi connectivity index (χ1) is 14.5. The fourth-order valence-electron chi connectivity index (χ4n) is 3.82. The topological polar surface area (TPSA) is 66.5 Å². The second-order valence-corrected chi connectivity index (χ2v) is 6.96. The predicted molar refractivity (Wildman–Crippen MR) is 111 cm³/mol. The number of hydrogen-bond donors (Lipinski definition) is 1. The van der Waals surface area contributed by atoms with E-state index in [1.54, 1.807) is 31.4 Å². The highest BCUT2D eigenvalue weighted by Crippen LogP contribution is 2.33. The quantitative estimate of drug-likeness (QED) is 0.481. The SMILES string of the molecule is COCc1ccc2c3c(C(N)=O)cccc3n(Cc3cccc(OC(F)F)c3)c2c1. The number of primary amides is 1. The van der Waals surface area contributed by atoms with Crippen LogP contribution < -0.4 is 10.5 Å². The molecule has 0 bridgehead atoms. The average molecular weight is 410 g/mol. The van der Waals surface area contributed by atoms with Crippen molar-refractivity contribution >= 4 is 27.7 Å². The van der Waals surface area contributed by atoms with Crippen molar-refractivity contribution in [1.29, 1.82) is 0 Å². The van der Waals surface area contributed by atoms with E-state index in [0.717, 1.165) is 32.9 Å². The zero-order valence-electron chi connectivity index (χ0n) is 16.3. The Morgan fingerprint density at radius 1 is 1.03 bits per heavy atom. The smallest absolute Gasteiger partial charge is 0.387 e.